The van der Waals surface area contributed by atoms with Gasteiger partial charge >= 0.3 is 0 Å². The number of aromatic nitrogens is 2. The summed E-state index contributed by atoms with van der Waals surface area (Å²) in [5, 5.41) is 3.28. The first-order valence-corrected chi connectivity index (χ1v) is 8.73. The Morgan fingerprint density at radius 3 is 2.64 bits per heavy atom. The van der Waals surface area contributed by atoms with Crippen molar-refractivity contribution in [1.82, 2.24) is 14.9 Å². The van der Waals surface area contributed by atoms with E-state index in [-0.39, 0.29) is 36.8 Å². The standard InChI is InChI=1S/C19H21ClN4O2.2ClH/c1-4-24-16-8-6-5-7-15(16)23-18(24)11(2)22-19(25)12-9-13(20)14(21)10-17(12)26-3;;/h5-11H,4,21H2,1-3H3,(H,22,25);2*1H. The van der Waals surface area contributed by atoms with Crippen molar-refractivity contribution in [1.29, 1.82) is 0 Å². The number of nitrogens with zero attached hydrogens (tertiary/aromatic N) is 2. The number of anilines is 1. The van der Waals surface area contributed by atoms with Crippen molar-refractivity contribution < 1.29 is 9.53 Å². The van der Waals surface area contributed by atoms with Gasteiger partial charge in [-0.15, -0.1) is 24.8 Å². The second-order valence-corrected chi connectivity index (χ2v) is 6.38. The van der Waals surface area contributed by atoms with Crippen molar-refractivity contribution in [2.45, 2.75) is 26.4 Å². The molecule has 0 saturated heterocycles. The lowest BCUT2D eigenvalue weighted by Crippen LogP contribution is -2.29. The van der Waals surface area contributed by atoms with E-state index in [1.165, 1.54) is 13.2 Å². The summed E-state index contributed by atoms with van der Waals surface area (Å²) in [5.74, 6) is 0.870. The van der Waals surface area contributed by atoms with Crippen LogP contribution in [0.5, 0.6) is 5.75 Å². The molecule has 0 bridgehead atoms. The van der Waals surface area contributed by atoms with Crippen molar-refractivity contribution in [3.05, 3.63) is 52.8 Å². The fourth-order valence-corrected chi connectivity index (χ4v) is 3.18. The van der Waals surface area contributed by atoms with E-state index in [1.54, 1.807) is 6.07 Å². The number of halogens is 3. The van der Waals surface area contributed by atoms with E-state index < -0.39 is 0 Å². The second-order valence-electron chi connectivity index (χ2n) is 5.97. The summed E-state index contributed by atoms with van der Waals surface area (Å²) in [4.78, 5) is 17.4. The number of aryl methyl sites for hydroxylation is 1. The Hall–Kier alpha value is -2.15. The Morgan fingerprint density at radius 2 is 2.00 bits per heavy atom. The molecule has 3 aromatic rings. The maximum Gasteiger partial charge on any atom is 0.255 e. The smallest absolute Gasteiger partial charge is 0.255 e. The zero-order valence-corrected chi connectivity index (χ0v) is 18.1. The number of nitrogens with one attached hydrogen (secondary N) is 1. The highest BCUT2D eigenvalue weighted by Crippen LogP contribution is 2.29. The van der Waals surface area contributed by atoms with Crippen molar-refractivity contribution in [2.75, 3.05) is 12.8 Å². The summed E-state index contributed by atoms with van der Waals surface area (Å²) in [6.07, 6.45) is 0. The monoisotopic (exact) mass is 444 g/mol. The van der Waals surface area contributed by atoms with Crippen molar-refractivity contribution >= 4 is 59.0 Å². The van der Waals surface area contributed by atoms with Crippen LogP contribution in [0.2, 0.25) is 5.02 Å². The van der Waals surface area contributed by atoms with Gasteiger partial charge in [0.1, 0.15) is 11.6 Å². The molecule has 1 unspecified atom stereocenters. The minimum atomic E-state index is -0.300. The lowest BCUT2D eigenvalue weighted by molar-refractivity contribution is 0.0934. The van der Waals surface area contributed by atoms with Crippen LogP contribution in [0.1, 0.15) is 36.1 Å². The number of rotatable bonds is 5. The molecule has 0 spiro atoms. The zero-order valence-electron chi connectivity index (χ0n) is 15.7. The van der Waals surface area contributed by atoms with Gasteiger partial charge in [-0.25, -0.2) is 4.98 Å². The molecule has 1 heterocycles. The molecule has 1 amide bonds. The Bertz CT molecular complexity index is 975. The number of carbonyl (C=O) groups excluding carboxylic acids is 1. The van der Waals surface area contributed by atoms with Gasteiger partial charge in [-0.05, 0) is 32.0 Å². The number of ether oxygens (including phenoxy) is 1. The number of methoxy groups -OCH3 is 1. The third kappa shape index (κ3) is 4.46. The summed E-state index contributed by atoms with van der Waals surface area (Å²) in [7, 11) is 1.49. The van der Waals surface area contributed by atoms with Crippen LogP contribution in [0.3, 0.4) is 0 Å². The molecule has 152 valence electrons. The maximum absolute atomic E-state index is 12.8. The third-order valence-electron chi connectivity index (χ3n) is 4.30. The predicted molar refractivity (Wildman–Crippen MR) is 118 cm³/mol. The SMILES string of the molecule is CCn1c(C(C)NC(=O)c2cc(Cl)c(N)cc2OC)nc2ccccc21.Cl.Cl. The molecular weight excluding hydrogens is 423 g/mol. The van der Waals surface area contributed by atoms with Crippen molar-refractivity contribution in [3.8, 4) is 5.75 Å². The molecular formula is C19H23Cl3N4O2. The van der Waals surface area contributed by atoms with Crippen LogP contribution < -0.4 is 15.8 Å². The highest BCUT2D eigenvalue weighted by Gasteiger charge is 2.21. The molecule has 0 aliphatic carbocycles. The molecule has 3 N–H and O–H groups in total. The van der Waals surface area contributed by atoms with E-state index in [2.05, 4.69) is 21.8 Å². The maximum atomic E-state index is 12.8. The molecule has 6 nitrogen and oxygen atoms in total. The zero-order chi connectivity index (χ0) is 18.8. The van der Waals surface area contributed by atoms with Crippen LogP contribution in [0.25, 0.3) is 11.0 Å². The summed E-state index contributed by atoms with van der Waals surface area (Å²) in [6, 6.07) is 10.7. The highest BCUT2D eigenvalue weighted by molar-refractivity contribution is 6.33. The van der Waals surface area contributed by atoms with Gasteiger partial charge in [-0.2, -0.15) is 0 Å². The van der Waals surface area contributed by atoms with Crippen LogP contribution in [0.15, 0.2) is 36.4 Å². The van der Waals surface area contributed by atoms with Gasteiger partial charge in [0.05, 0.1) is 40.5 Å². The molecule has 0 aliphatic rings. The normalized spacial score (nSPS) is 11.3. The van der Waals surface area contributed by atoms with Gasteiger partial charge in [0.25, 0.3) is 5.91 Å². The lowest BCUT2D eigenvalue weighted by Gasteiger charge is -2.17. The summed E-state index contributed by atoms with van der Waals surface area (Å²) < 4.78 is 7.35. The average Bonchev–Trinajstić information content (AvgIpc) is 3.02. The molecule has 0 saturated carbocycles. The van der Waals surface area contributed by atoms with Gasteiger partial charge < -0.3 is 20.4 Å². The number of carbonyl (C=O) groups is 1. The third-order valence-corrected chi connectivity index (χ3v) is 4.63. The number of imidazole rings is 1. The Morgan fingerprint density at radius 1 is 1.32 bits per heavy atom. The fraction of sp³-hybridized carbons (Fsp3) is 0.263. The number of fused-ring (bicyclic) bond motifs is 1. The van der Waals surface area contributed by atoms with Crippen LogP contribution in [0.4, 0.5) is 5.69 Å². The Kier molecular flexibility index (Phi) is 8.42. The largest absolute Gasteiger partial charge is 0.496 e. The first kappa shape index (κ1) is 23.9. The van der Waals surface area contributed by atoms with Crippen molar-refractivity contribution in [3.63, 3.8) is 0 Å². The summed E-state index contributed by atoms with van der Waals surface area (Å²) in [6.45, 7) is 4.71. The molecule has 0 fully saturated rings. The van der Waals surface area contributed by atoms with Crippen LogP contribution in [0, 0.1) is 0 Å². The lowest BCUT2D eigenvalue weighted by atomic mass is 10.1. The number of nitrogens with two attached hydrogens (primary N) is 1. The van der Waals surface area contributed by atoms with E-state index in [9.17, 15) is 4.79 Å². The van der Waals surface area contributed by atoms with E-state index in [1.807, 2.05) is 31.2 Å². The Balaban J connectivity index is 0.00000196. The molecule has 1 atom stereocenters. The van der Waals surface area contributed by atoms with Crippen LogP contribution in [-0.2, 0) is 6.54 Å². The number of hydrogen-bond donors (Lipinski definition) is 2. The highest BCUT2D eigenvalue weighted by atomic mass is 35.5. The number of benzene rings is 2. The van der Waals surface area contributed by atoms with Crippen LogP contribution in [-0.4, -0.2) is 22.6 Å². The minimum absolute atomic E-state index is 0. The van der Waals surface area contributed by atoms with Crippen molar-refractivity contribution in [2.24, 2.45) is 0 Å². The number of amides is 1. The van der Waals surface area contributed by atoms with E-state index in [0.29, 0.717) is 22.0 Å². The molecule has 3 rings (SSSR count). The molecule has 0 aliphatic heterocycles. The minimum Gasteiger partial charge on any atom is -0.496 e. The molecule has 1 aromatic heterocycles. The Labute approximate surface area is 181 Å². The topological polar surface area (TPSA) is 82.2 Å². The van der Waals surface area contributed by atoms with Gasteiger partial charge in [0.2, 0.25) is 0 Å². The van der Waals surface area contributed by atoms with E-state index in [0.717, 1.165) is 23.4 Å². The molecule has 9 heteroatoms. The van der Waals surface area contributed by atoms with Crippen LogP contribution >= 0.6 is 36.4 Å². The fourth-order valence-electron chi connectivity index (χ4n) is 3.01. The summed E-state index contributed by atoms with van der Waals surface area (Å²) >= 11 is 6.06. The second kappa shape index (κ2) is 9.87. The van der Waals surface area contributed by atoms with Gasteiger partial charge in [-0.3, -0.25) is 4.79 Å². The quantitative estimate of drug-likeness (QED) is 0.561. The summed E-state index contributed by atoms with van der Waals surface area (Å²) in [5.41, 5.74) is 8.42. The average molecular weight is 446 g/mol. The van der Waals surface area contributed by atoms with E-state index in [4.69, 9.17) is 22.1 Å². The van der Waals surface area contributed by atoms with Gasteiger partial charge in [0, 0.05) is 12.6 Å². The number of nitrogen functional groups attached to an aromatic ring is 1. The first-order chi connectivity index (χ1) is 12.5. The first-order valence-electron chi connectivity index (χ1n) is 8.35. The number of para-hydroxylation sites is 2. The number of hydrogen-bond acceptors (Lipinski definition) is 4. The molecule has 28 heavy (non-hydrogen) atoms. The van der Waals surface area contributed by atoms with Gasteiger partial charge in [-0.1, -0.05) is 23.7 Å². The predicted octanol–water partition coefficient (Wildman–Crippen LogP) is 4.64. The van der Waals surface area contributed by atoms with E-state index >= 15 is 0 Å². The van der Waals surface area contributed by atoms with Gasteiger partial charge in [0.15, 0.2) is 0 Å². The molecule has 2 aromatic carbocycles. The molecule has 0 radical (unpaired) electrons.